The number of aryl methyl sites for hydroxylation is 1. The van der Waals surface area contributed by atoms with Crippen molar-refractivity contribution in [2.75, 3.05) is 12.8 Å². The molecule has 4 heteroatoms. The van der Waals surface area contributed by atoms with Crippen LogP contribution in [0, 0.1) is 0 Å². The maximum atomic E-state index is 5.84. The van der Waals surface area contributed by atoms with Crippen molar-refractivity contribution in [1.82, 2.24) is 4.57 Å². The summed E-state index contributed by atoms with van der Waals surface area (Å²) in [5, 5.41) is 1.17. The van der Waals surface area contributed by atoms with Crippen molar-refractivity contribution in [1.29, 1.82) is 0 Å². The van der Waals surface area contributed by atoms with Crippen LogP contribution in [-0.4, -0.2) is 11.7 Å². The lowest BCUT2D eigenvalue weighted by molar-refractivity contribution is 0.297. The number of ether oxygens (including phenoxy) is 2. The number of hydrogen-bond acceptors (Lipinski definition) is 3. The molecule has 0 bridgehead atoms. The lowest BCUT2D eigenvalue weighted by Gasteiger charge is -2.08. The van der Waals surface area contributed by atoms with E-state index in [1.54, 1.807) is 7.11 Å². The van der Waals surface area contributed by atoms with Crippen molar-refractivity contribution in [3.63, 3.8) is 0 Å². The first kappa shape index (κ1) is 13.4. The molecule has 3 rings (SSSR count). The Morgan fingerprint density at radius 1 is 1.00 bits per heavy atom. The quantitative estimate of drug-likeness (QED) is 0.747. The van der Waals surface area contributed by atoms with E-state index < -0.39 is 0 Å². The highest BCUT2D eigenvalue weighted by molar-refractivity contribution is 5.84. The fraction of sp³-hybridized carbons (Fsp3) is 0.176. The molecule has 3 aromatic rings. The average Bonchev–Trinajstić information content (AvgIpc) is 2.82. The zero-order chi connectivity index (χ0) is 14.8. The Hall–Kier alpha value is -2.62. The number of methoxy groups -OCH3 is 1. The largest absolute Gasteiger partial charge is 0.497 e. The minimum absolute atomic E-state index is 0.511. The zero-order valence-electron chi connectivity index (χ0n) is 12.2. The van der Waals surface area contributed by atoms with Crippen LogP contribution in [-0.2, 0) is 13.7 Å². The van der Waals surface area contributed by atoms with E-state index in [1.807, 2.05) is 49.5 Å². The third-order valence-corrected chi connectivity index (χ3v) is 3.61. The summed E-state index contributed by atoms with van der Waals surface area (Å²) in [6.07, 6.45) is 0. The van der Waals surface area contributed by atoms with Gasteiger partial charge in [-0.1, -0.05) is 6.07 Å². The normalized spacial score (nSPS) is 10.8. The molecular weight excluding hydrogens is 264 g/mol. The SMILES string of the molecule is COc1ccc(OCc2cc3ccc(N)cc3n2C)cc1. The van der Waals surface area contributed by atoms with Crippen LogP contribution in [0.25, 0.3) is 10.9 Å². The summed E-state index contributed by atoms with van der Waals surface area (Å²) in [5.41, 5.74) is 8.83. The molecule has 0 amide bonds. The van der Waals surface area contributed by atoms with E-state index in [0.29, 0.717) is 6.61 Å². The molecule has 0 fully saturated rings. The van der Waals surface area contributed by atoms with E-state index in [1.165, 1.54) is 5.39 Å². The molecule has 4 nitrogen and oxygen atoms in total. The van der Waals surface area contributed by atoms with Gasteiger partial charge in [0.1, 0.15) is 18.1 Å². The van der Waals surface area contributed by atoms with Crippen LogP contribution < -0.4 is 15.2 Å². The summed E-state index contributed by atoms with van der Waals surface area (Å²) < 4.78 is 13.1. The summed E-state index contributed by atoms with van der Waals surface area (Å²) in [5.74, 6) is 1.64. The van der Waals surface area contributed by atoms with Crippen molar-refractivity contribution in [3.8, 4) is 11.5 Å². The fourth-order valence-electron chi connectivity index (χ4n) is 2.37. The topological polar surface area (TPSA) is 49.4 Å². The molecule has 1 heterocycles. The van der Waals surface area contributed by atoms with E-state index >= 15 is 0 Å². The Balaban J connectivity index is 1.79. The van der Waals surface area contributed by atoms with Crippen molar-refractivity contribution in [2.45, 2.75) is 6.61 Å². The number of rotatable bonds is 4. The van der Waals surface area contributed by atoms with Gasteiger partial charge in [0.15, 0.2) is 0 Å². The summed E-state index contributed by atoms with van der Waals surface area (Å²) in [6, 6.07) is 15.6. The van der Waals surface area contributed by atoms with Crippen molar-refractivity contribution < 1.29 is 9.47 Å². The van der Waals surface area contributed by atoms with Crippen LogP contribution >= 0.6 is 0 Å². The average molecular weight is 282 g/mol. The molecule has 2 aromatic carbocycles. The molecule has 0 radical (unpaired) electrons. The van der Waals surface area contributed by atoms with Gasteiger partial charge in [0, 0.05) is 18.1 Å². The predicted octanol–water partition coefficient (Wildman–Crippen LogP) is 3.35. The van der Waals surface area contributed by atoms with E-state index in [-0.39, 0.29) is 0 Å². The number of nitrogens with zero attached hydrogens (tertiary/aromatic N) is 1. The Morgan fingerprint density at radius 3 is 2.43 bits per heavy atom. The third kappa shape index (κ3) is 2.65. The van der Waals surface area contributed by atoms with E-state index in [2.05, 4.69) is 10.6 Å². The molecule has 0 spiro atoms. The molecular formula is C17H18N2O2. The van der Waals surface area contributed by atoms with Crippen molar-refractivity contribution in [3.05, 3.63) is 54.2 Å². The molecule has 2 N–H and O–H groups in total. The lowest BCUT2D eigenvalue weighted by Crippen LogP contribution is -2.01. The first-order valence-corrected chi connectivity index (χ1v) is 6.78. The van der Waals surface area contributed by atoms with Crippen LogP contribution in [0.1, 0.15) is 5.69 Å². The van der Waals surface area contributed by atoms with E-state index in [4.69, 9.17) is 15.2 Å². The number of hydrogen-bond donors (Lipinski definition) is 1. The Kier molecular flexibility index (Phi) is 3.44. The molecule has 0 aliphatic carbocycles. The monoisotopic (exact) mass is 282 g/mol. The highest BCUT2D eigenvalue weighted by atomic mass is 16.5. The maximum absolute atomic E-state index is 5.84. The number of aromatic nitrogens is 1. The van der Waals surface area contributed by atoms with Crippen molar-refractivity contribution in [2.24, 2.45) is 7.05 Å². The Labute approximate surface area is 123 Å². The van der Waals surface area contributed by atoms with Crippen LogP contribution in [0.5, 0.6) is 11.5 Å². The molecule has 0 atom stereocenters. The van der Waals surface area contributed by atoms with Gasteiger partial charge in [-0.15, -0.1) is 0 Å². The molecule has 21 heavy (non-hydrogen) atoms. The van der Waals surface area contributed by atoms with Gasteiger partial charge in [-0.3, -0.25) is 0 Å². The van der Waals surface area contributed by atoms with Crippen LogP contribution in [0.15, 0.2) is 48.5 Å². The number of nitrogens with two attached hydrogens (primary N) is 1. The number of fused-ring (bicyclic) bond motifs is 1. The van der Waals surface area contributed by atoms with Crippen LogP contribution in [0.4, 0.5) is 5.69 Å². The first-order chi connectivity index (χ1) is 10.2. The van der Waals surface area contributed by atoms with Crippen LogP contribution in [0.2, 0.25) is 0 Å². The Bertz CT molecular complexity index is 760. The first-order valence-electron chi connectivity index (χ1n) is 6.78. The molecule has 0 saturated heterocycles. The molecule has 1 aromatic heterocycles. The molecule has 0 unspecified atom stereocenters. The van der Waals surface area contributed by atoms with Gasteiger partial charge < -0.3 is 19.8 Å². The van der Waals surface area contributed by atoms with Gasteiger partial charge in [-0.05, 0) is 42.5 Å². The minimum atomic E-state index is 0.511. The number of benzene rings is 2. The van der Waals surface area contributed by atoms with Gasteiger partial charge >= 0.3 is 0 Å². The maximum Gasteiger partial charge on any atom is 0.128 e. The lowest BCUT2D eigenvalue weighted by atomic mass is 10.2. The van der Waals surface area contributed by atoms with Crippen LogP contribution in [0.3, 0.4) is 0 Å². The van der Waals surface area contributed by atoms with E-state index in [0.717, 1.165) is 28.4 Å². The summed E-state index contributed by atoms with van der Waals surface area (Å²) in [7, 11) is 3.67. The number of anilines is 1. The highest BCUT2D eigenvalue weighted by Gasteiger charge is 2.07. The molecule has 0 aliphatic heterocycles. The summed E-state index contributed by atoms with van der Waals surface area (Å²) in [6.45, 7) is 0.511. The van der Waals surface area contributed by atoms with Crippen molar-refractivity contribution >= 4 is 16.6 Å². The van der Waals surface area contributed by atoms with E-state index in [9.17, 15) is 0 Å². The molecule has 108 valence electrons. The predicted molar refractivity (Wildman–Crippen MR) is 84.7 cm³/mol. The second kappa shape index (κ2) is 5.40. The highest BCUT2D eigenvalue weighted by Crippen LogP contribution is 2.23. The van der Waals surface area contributed by atoms with Gasteiger partial charge in [0.25, 0.3) is 0 Å². The second-order valence-electron chi connectivity index (χ2n) is 4.98. The smallest absolute Gasteiger partial charge is 0.128 e. The Morgan fingerprint density at radius 2 is 1.71 bits per heavy atom. The second-order valence-corrected chi connectivity index (χ2v) is 4.98. The number of nitrogen functional groups attached to an aromatic ring is 1. The molecule has 0 saturated carbocycles. The van der Waals surface area contributed by atoms with Gasteiger partial charge in [-0.25, -0.2) is 0 Å². The summed E-state index contributed by atoms with van der Waals surface area (Å²) >= 11 is 0. The zero-order valence-corrected chi connectivity index (χ0v) is 12.2. The standard InChI is InChI=1S/C17H18N2O2/c1-19-14(9-12-3-4-13(18)10-17(12)19)11-21-16-7-5-15(20-2)6-8-16/h3-10H,11,18H2,1-2H3. The van der Waals surface area contributed by atoms with Gasteiger partial charge in [0.05, 0.1) is 18.3 Å². The summed E-state index contributed by atoms with van der Waals surface area (Å²) in [4.78, 5) is 0. The van der Waals surface area contributed by atoms with Gasteiger partial charge in [0.2, 0.25) is 0 Å². The van der Waals surface area contributed by atoms with Gasteiger partial charge in [-0.2, -0.15) is 0 Å². The minimum Gasteiger partial charge on any atom is -0.497 e. The fourth-order valence-corrected chi connectivity index (χ4v) is 2.37. The molecule has 0 aliphatic rings. The third-order valence-electron chi connectivity index (χ3n) is 3.61.